The van der Waals surface area contributed by atoms with Gasteiger partial charge in [0.2, 0.25) is 0 Å². The lowest BCUT2D eigenvalue weighted by atomic mass is 10.0. The first-order valence-electron chi connectivity index (χ1n) is 6.09. The number of rotatable bonds is 4. The topological polar surface area (TPSA) is 37.4 Å². The Morgan fingerprint density at radius 1 is 1.11 bits per heavy atom. The maximum Gasteiger partial charge on any atom is 0.261 e. The summed E-state index contributed by atoms with van der Waals surface area (Å²) in [4.78, 5) is 25.3. The largest absolute Gasteiger partial charge is 0.269 e. The number of carbonyl (C=O) groups is 2. The van der Waals surface area contributed by atoms with Crippen molar-refractivity contribution in [3.8, 4) is 0 Å². The van der Waals surface area contributed by atoms with Crippen molar-refractivity contribution in [2.24, 2.45) is 5.92 Å². The van der Waals surface area contributed by atoms with Crippen molar-refractivity contribution in [1.82, 2.24) is 4.90 Å². The van der Waals surface area contributed by atoms with Gasteiger partial charge in [-0.1, -0.05) is 26.0 Å². The number of carbonyl (C=O) groups excluding carboxylic acids is 2. The molecule has 1 aliphatic heterocycles. The Morgan fingerprint density at radius 3 is 2.00 bits per heavy atom. The minimum Gasteiger partial charge on any atom is -0.269 e. The van der Waals surface area contributed by atoms with Gasteiger partial charge in [-0.15, -0.1) is 0 Å². The summed E-state index contributed by atoms with van der Waals surface area (Å²) in [5, 5.41) is 0. The molecular weight excluding hydrogens is 233 g/mol. The van der Waals surface area contributed by atoms with E-state index in [1.807, 2.05) is 13.8 Å². The summed E-state index contributed by atoms with van der Waals surface area (Å²) >= 11 is 0. The van der Waals surface area contributed by atoms with Gasteiger partial charge in [0.25, 0.3) is 11.8 Å². The molecule has 1 aliphatic rings. The number of hydrogen-bond acceptors (Lipinski definition) is 2. The maximum atomic E-state index is 13.1. The smallest absolute Gasteiger partial charge is 0.261 e. The minimum absolute atomic E-state index is 0.232. The second kappa shape index (κ2) is 4.88. The van der Waals surface area contributed by atoms with Crippen LogP contribution in [0.25, 0.3) is 0 Å². The average Bonchev–Trinajstić information content (AvgIpc) is 2.60. The number of fused-ring (bicyclic) bond motifs is 1. The van der Waals surface area contributed by atoms with Crippen molar-refractivity contribution in [3.63, 3.8) is 0 Å². The Morgan fingerprint density at radius 2 is 1.61 bits per heavy atom. The summed E-state index contributed by atoms with van der Waals surface area (Å²) in [5.41, 5.74) is 0.759. The summed E-state index contributed by atoms with van der Waals surface area (Å²) in [5.74, 6) is -0.520. The van der Waals surface area contributed by atoms with E-state index in [4.69, 9.17) is 0 Å². The van der Waals surface area contributed by atoms with Crippen molar-refractivity contribution in [2.45, 2.75) is 26.3 Å². The molecular formula is C14H16FNO2. The second-order valence-corrected chi connectivity index (χ2v) is 4.96. The maximum absolute atomic E-state index is 13.1. The van der Waals surface area contributed by atoms with Crippen LogP contribution in [0.2, 0.25) is 0 Å². The van der Waals surface area contributed by atoms with Crippen molar-refractivity contribution >= 4 is 11.8 Å². The molecule has 1 aromatic carbocycles. The Bertz CT molecular complexity index is 449. The van der Waals surface area contributed by atoms with E-state index < -0.39 is 12.7 Å². The number of alkyl halides is 1. The molecule has 4 heteroatoms. The van der Waals surface area contributed by atoms with Crippen molar-refractivity contribution in [2.75, 3.05) is 6.67 Å². The van der Waals surface area contributed by atoms with Gasteiger partial charge in [0.05, 0.1) is 17.2 Å². The highest BCUT2D eigenvalue weighted by atomic mass is 19.1. The Kier molecular flexibility index (Phi) is 3.45. The molecule has 96 valence electrons. The van der Waals surface area contributed by atoms with Crippen LogP contribution in [-0.2, 0) is 0 Å². The first kappa shape index (κ1) is 12.7. The van der Waals surface area contributed by atoms with Crippen LogP contribution in [0.4, 0.5) is 4.39 Å². The average molecular weight is 249 g/mol. The highest BCUT2D eigenvalue weighted by Crippen LogP contribution is 2.26. The highest BCUT2D eigenvalue weighted by Gasteiger charge is 2.39. The quantitative estimate of drug-likeness (QED) is 0.769. The zero-order valence-electron chi connectivity index (χ0n) is 10.5. The lowest BCUT2D eigenvalue weighted by Gasteiger charge is -2.25. The molecule has 0 aliphatic carbocycles. The monoisotopic (exact) mass is 249 g/mol. The highest BCUT2D eigenvalue weighted by molar-refractivity contribution is 6.21. The van der Waals surface area contributed by atoms with E-state index in [0.29, 0.717) is 17.5 Å². The molecule has 1 aromatic rings. The van der Waals surface area contributed by atoms with Crippen LogP contribution in [0.5, 0.6) is 0 Å². The van der Waals surface area contributed by atoms with Gasteiger partial charge in [-0.3, -0.25) is 14.5 Å². The van der Waals surface area contributed by atoms with Crippen LogP contribution < -0.4 is 0 Å². The first-order chi connectivity index (χ1) is 8.56. The van der Waals surface area contributed by atoms with Crippen LogP contribution >= 0.6 is 0 Å². The van der Waals surface area contributed by atoms with E-state index in [9.17, 15) is 14.0 Å². The number of amides is 2. The molecule has 0 spiro atoms. The van der Waals surface area contributed by atoms with Crippen molar-refractivity contribution in [1.29, 1.82) is 0 Å². The summed E-state index contributed by atoms with van der Waals surface area (Å²) in [7, 11) is 0. The fourth-order valence-corrected chi connectivity index (χ4v) is 2.32. The molecule has 0 fully saturated rings. The molecule has 0 saturated carbocycles. The van der Waals surface area contributed by atoms with Gasteiger partial charge < -0.3 is 0 Å². The Hall–Kier alpha value is -1.71. The van der Waals surface area contributed by atoms with Gasteiger partial charge in [-0.25, -0.2) is 4.39 Å². The van der Waals surface area contributed by atoms with Gasteiger partial charge >= 0.3 is 0 Å². The third-order valence-electron chi connectivity index (χ3n) is 3.11. The predicted octanol–water partition coefficient (Wildman–Crippen LogP) is 2.67. The fourth-order valence-electron chi connectivity index (χ4n) is 2.32. The zero-order chi connectivity index (χ0) is 13.3. The number of nitrogens with zero attached hydrogens (tertiary/aromatic N) is 1. The van der Waals surface area contributed by atoms with Gasteiger partial charge in [0, 0.05) is 0 Å². The SMILES string of the molecule is CC(C)C[C@@H](CF)N1C(=O)c2ccccc2C1=O. The van der Waals surface area contributed by atoms with Crippen LogP contribution in [0.15, 0.2) is 24.3 Å². The molecule has 0 saturated heterocycles. The zero-order valence-corrected chi connectivity index (χ0v) is 10.5. The third-order valence-corrected chi connectivity index (χ3v) is 3.11. The van der Waals surface area contributed by atoms with Gasteiger partial charge in [-0.05, 0) is 24.5 Å². The number of benzene rings is 1. The first-order valence-corrected chi connectivity index (χ1v) is 6.09. The van der Waals surface area contributed by atoms with E-state index in [-0.39, 0.29) is 17.7 Å². The predicted molar refractivity (Wildman–Crippen MR) is 66.2 cm³/mol. The van der Waals surface area contributed by atoms with Gasteiger partial charge in [-0.2, -0.15) is 0 Å². The van der Waals surface area contributed by atoms with E-state index in [1.54, 1.807) is 24.3 Å². The molecule has 1 atom stereocenters. The molecule has 0 N–H and O–H groups in total. The van der Waals surface area contributed by atoms with Crippen LogP contribution in [0.1, 0.15) is 41.0 Å². The molecule has 0 aromatic heterocycles. The number of imide groups is 1. The van der Waals surface area contributed by atoms with Crippen LogP contribution in [0.3, 0.4) is 0 Å². The Balaban J connectivity index is 2.32. The van der Waals surface area contributed by atoms with Crippen molar-refractivity contribution < 1.29 is 14.0 Å². The normalized spacial score (nSPS) is 16.3. The summed E-state index contributed by atoms with van der Waals surface area (Å²) in [6.07, 6.45) is 0.488. The second-order valence-electron chi connectivity index (χ2n) is 4.96. The Labute approximate surface area is 106 Å². The summed E-state index contributed by atoms with van der Waals surface area (Å²) in [6.45, 7) is 3.20. The molecule has 2 rings (SSSR count). The number of hydrogen-bond donors (Lipinski definition) is 0. The van der Waals surface area contributed by atoms with Crippen LogP contribution in [0, 0.1) is 5.92 Å². The molecule has 3 nitrogen and oxygen atoms in total. The number of halogens is 1. The molecule has 0 bridgehead atoms. The van der Waals surface area contributed by atoms with Gasteiger partial charge in [0.1, 0.15) is 6.67 Å². The standard InChI is InChI=1S/C14H16FNO2/c1-9(2)7-10(8-15)16-13(17)11-5-3-4-6-12(11)14(16)18/h3-6,9-10H,7-8H2,1-2H3/t10-/m0/s1. The summed E-state index contributed by atoms with van der Waals surface area (Å²) < 4.78 is 13.1. The van der Waals surface area contributed by atoms with Crippen molar-refractivity contribution in [3.05, 3.63) is 35.4 Å². The molecule has 0 unspecified atom stereocenters. The minimum atomic E-state index is -0.691. The van der Waals surface area contributed by atoms with E-state index in [0.717, 1.165) is 4.90 Å². The molecule has 1 heterocycles. The molecule has 2 amide bonds. The van der Waals surface area contributed by atoms with Gasteiger partial charge in [0.15, 0.2) is 0 Å². The van der Waals surface area contributed by atoms with E-state index >= 15 is 0 Å². The van der Waals surface area contributed by atoms with E-state index in [1.165, 1.54) is 0 Å². The fraction of sp³-hybridized carbons (Fsp3) is 0.429. The lowest BCUT2D eigenvalue weighted by molar-refractivity contribution is 0.0538. The van der Waals surface area contributed by atoms with E-state index in [2.05, 4.69) is 0 Å². The molecule has 0 radical (unpaired) electrons. The lowest BCUT2D eigenvalue weighted by Crippen LogP contribution is -2.42. The van der Waals surface area contributed by atoms with Crippen LogP contribution in [-0.4, -0.2) is 29.4 Å². The summed E-state index contributed by atoms with van der Waals surface area (Å²) in [6, 6.07) is 5.98. The molecule has 18 heavy (non-hydrogen) atoms. The third kappa shape index (κ3) is 2.03.